The third-order valence-electron chi connectivity index (χ3n) is 4.09. The lowest BCUT2D eigenvalue weighted by atomic mass is 10.0. The highest BCUT2D eigenvalue weighted by Gasteiger charge is 2.14. The summed E-state index contributed by atoms with van der Waals surface area (Å²) >= 11 is 6.33. The lowest BCUT2D eigenvalue weighted by molar-refractivity contribution is 0.0961. The molecule has 0 saturated carbocycles. The van der Waals surface area contributed by atoms with Crippen LogP contribution in [0.25, 0.3) is 22.4 Å². The Bertz CT molecular complexity index is 955. The van der Waals surface area contributed by atoms with Crippen molar-refractivity contribution < 1.29 is 4.84 Å². The van der Waals surface area contributed by atoms with Crippen LogP contribution in [-0.4, -0.2) is 41.9 Å². The van der Waals surface area contributed by atoms with Gasteiger partial charge in [-0.05, 0) is 44.8 Å². The third kappa shape index (κ3) is 4.76. The van der Waals surface area contributed by atoms with Gasteiger partial charge >= 0.3 is 0 Å². The van der Waals surface area contributed by atoms with Crippen molar-refractivity contribution in [3.63, 3.8) is 0 Å². The van der Waals surface area contributed by atoms with E-state index in [0.29, 0.717) is 22.8 Å². The molecule has 0 spiro atoms. The fourth-order valence-corrected chi connectivity index (χ4v) is 2.98. The van der Waals surface area contributed by atoms with E-state index in [2.05, 4.69) is 9.88 Å². The molecule has 5 nitrogen and oxygen atoms in total. The predicted octanol–water partition coefficient (Wildman–Crippen LogP) is 3.61. The Morgan fingerprint density at radius 1 is 1.11 bits per heavy atom. The van der Waals surface area contributed by atoms with E-state index in [1.54, 1.807) is 18.5 Å². The molecule has 0 radical (unpaired) electrons. The van der Waals surface area contributed by atoms with Gasteiger partial charge in [0, 0.05) is 28.9 Å². The second-order valence-electron chi connectivity index (χ2n) is 6.46. The van der Waals surface area contributed by atoms with Gasteiger partial charge in [-0.2, -0.15) is 4.73 Å². The van der Waals surface area contributed by atoms with Gasteiger partial charge < -0.3 is 9.74 Å². The smallest absolute Gasteiger partial charge is 0.290 e. The van der Waals surface area contributed by atoms with Crippen molar-refractivity contribution in [3.05, 3.63) is 76.3 Å². The molecular weight excluding hydrogens is 362 g/mol. The standard InChI is InChI=1S/C21H22ClN3O2/c1-24(2)12-7-13-27-25-15-16(20-10-5-6-11-23-20)14-18(21(25)26)17-8-3-4-9-19(17)22/h3-6,8-11,14-15H,7,12-13H2,1-2H3. The summed E-state index contributed by atoms with van der Waals surface area (Å²) in [7, 11) is 4.01. The zero-order chi connectivity index (χ0) is 19.2. The molecule has 3 aromatic rings. The maximum absolute atomic E-state index is 13.0. The van der Waals surface area contributed by atoms with Crippen LogP contribution < -0.4 is 10.4 Å². The van der Waals surface area contributed by atoms with Crippen LogP contribution in [0, 0.1) is 0 Å². The third-order valence-corrected chi connectivity index (χ3v) is 4.42. The van der Waals surface area contributed by atoms with Crippen LogP contribution in [0.3, 0.4) is 0 Å². The maximum Gasteiger partial charge on any atom is 0.290 e. The van der Waals surface area contributed by atoms with E-state index in [0.717, 1.165) is 24.2 Å². The lowest BCUT2D eigenvalue weighted by Gasteiger charge is -2.14. The van der Waals surface area contributed by atoms with Gasteiger partial charge in [0.1, 0.15) is 6.61 Å². The van der Waals surface area contributed by atoms with Crippen molar-refractivity contribution in [1.29, 1.82) is 0 Å². The van der Waals surface area contributed by atoms with Gasteiger partial charge in [0.25, 0.3) is 5.56 Å². The summed E-state index contributed by atoms with van der Waals surface area (Å²) in [6.07, 6.45) is 4.22. The zero-order valence-corrected chi connectivity index (χ0v) is 16.2. The summed E-state index contributed by atoms with van der Waals surface area (Å²) in [4.78, 5) is 25.2. The number of hydrogen-bond donors (Lipinski definition) is 0. The number of hydrogen-bond acceptors (Lipinski definition) is 4. The fourth-order valence-electron chi connectivity index (χ4n) is 2.74. The van der Waals surface area contributed by atoms with Crippen LogP contribution >= 0.6 is 11.6 Å². The predicted molar refractivity (Wildman–Crippen MR) is 109 cm³/mol. The molecule has 2 heterocycles. The van der Waals surface area contributed by atoms with E-state index in [1.807, 2.05) is 56.6 Å². The Kier molecular flexibility index (Phi) is 6.27. The average Bonchev–Trinajstić information content (AvgIpc) is 2.67. The highest BCUT2D eigenvalue weighted by molar-refractivity contribution is 6.33. The maximum atomic E-state index is 13.0. The number of pyridine rings is 2. The summed E-state index contributed by atoms with van der Waals surface area (Å²) in [5.74, 6) is 0. The molecule has 0 atom stereocenters. The minimum Gasteiger partial charge on any atom is -0.411 e. The first-order chi connectivity index (χ1) is 13.1. The van der Waals surface area contributed by atoms with Crippen molar-refractivity contribution in [3.8, 4) is 22.4 Å². The molecule has 0 aliphatic carbocycles. The first-order valence-corrected chi connectivity index (χ1v) is 9.15. The largest absolute Gasteiger partial charge is 0.411 e. The highest BCUT2D eigenvalue weighted by Crippen LogP contribution is 2.27. The lowest BCUT2D eigenvalue weighted by Crippen LogP contribution is -2.29. The first-order valence-electron chi connectivity index (χ1n) is 8.77. The summed E-state index contributed by atoms with van der Waals surface area (Å²) in [6.45, 7) is 1.32. The minimum atomic E-state index is -0.243. The normalized spacial score (nSPS) is 11.0. The Hall–Kier alpha value is -2.63. The van der Waals surface area contributed by atoms with Crippen LogP contribution in [0.5, 0.6) is 0 Å². The topological polar surface area (TPSA) is 47.4 Å². The molecular formula is C21H22ClN3O2. The number of rotatable bonds is 7. The number of nitrogens with zero attached hydrogens (tertiary/aromatic N) is 3. The van der Waals surface area contributed by atoms with E-state index < -0.39 is 0 Å². The first kappa shape index (κ1) is 19.1. The summed E-state index contributed by atoms with van der Waals surface area (Å²) < 4.78 is 1.29. The van der Waals surface area contributed by atoms with Crippen molar-refractivity contribution >= 4 is 11.6 Å². The number of halogens is 1. The van der Waals surface area contributed by atoms with Gasteiger partial charge in [-0.15, -0.1) is 0 Å². The Labute approximate surface area is 163 Å². The molecule has 0 saturated heterocycles. The van der Waals surface area contributed by atoms with Crippen LogP contribution in [0.2, 0.25) is 5.02 Å². The monoisotopic (exact) mass is 383 g/mol. The van der Waals surface area contributed by atoms with Gasteiger partial charge in [-0.25, -0.2) is 0 Å². The van der Waals surface area contributed by atoms with Gasteiger partial charge in [0.15, 0.2) is 0 Å². The van der Waals surface area contributed by atoms with Crippen molar-refractivity contribution in [2.75, 3.05) is 27.2 Å². The molecule has 0 fully saturated rings. The Balaban J connectivity index is 2.03. The number of aromatic nitrogens is 2. The molecule has 3 rings (SSSR count). The molecule has 0 amide bonds. The van der Waals surface area contributed by atoms with E-state index in [1.165, 1.54) is 4.73 Å². The molecule has 2 aromatic heterocycles. The average molecular weight is 384 g/mol. The van der Waals surface area contributed by atoms with Gasteiger partial charge in [-0.1, -0.05) is 35.9 Å². The van der Waals surface area contributed by atoms with Crippen LogP contribution in [0.1, 0.15) is 6.42 Å². The van der Waals surface area contributed by atoms with E-state index in [9.17, 15) is 4.79 Å². The molecule has 0 bridgehead atoms. The molecule has 0 aliphatic rings. The Morgan fingerprint density at radius 3 is 2.59 bits per heavy atom. The highest BCUT2D eigenvalue weighted by atomic mass is 35.5. The summed E-state index contributed by atoms with van der Waals surface area (Å²) in [6, 6.07) is 14.8. The second-order valence-corrected chi connectivity index (χ2v) is 6.87. The molecule has 0 N–H and O–H groups in total. The molecule has 1 aromatic carbocycles. The fraction of sp³-hybridized carbons (Fsp3) is 0.238. The van der Waals surface area contributed by atoms with Crippen molar-refractivity contribution in [1.82, 2.24) is 14.6 Å². The van der Waals surface area contributed by atoms with Gasteiger partial charge in [-0.3, -0.25) is 9.78 Å². The molecule has 140 valence electrons. The van der Waals surface area contributed by atoms with Crippen molar-refractivity contribution in [2.45, 2.75) is 6.42 Å². The van der Waals surface area contributed by atoms with Gasteiger partial charge in [0.05, 0.1) is 17.5 Å². The molecule has 6 heteroatoms. The zero-order valence-electron chi connectivity index (χ0n) is 15.4. The van der Waals surface area contributed by atoms with Crippen LogP contribution in [-0.2, 0) is 0 Å². The molecule has 27 heavy (non-hydrogen) atoms. The number of benzene rings is 1. The van der Waals surface area contributed by atoms with E-state index in [4.69, 9.17) is 16.4 Å². The second kappa shape index (κ2) is 8.84. The quantitative estimate of drug-likeness (QED) is 0.585. The van der Waals surface area contributed by atoms with Crippen LogP contribution in [0.15, 0.2) is 65.7 Å². The summed E-state index contributed by atoms with van der Waals surface area (Å²) in [5, 5.41) is 0.520. The van der Waals surface area contributed by atoms with E-state index in [-0.39, 0.29) is 5.56 Å². The van der Waals surface area contributed by atoms with Crippen LogP contribution in [0.4, 0.5) is 0 Å². The van der Waals surface area contributed by atoms with E-state index >= 15 is 0 Å². The summed E-state index contributed by atoms with van der Waals surface area (Å²) in [5.41, 5.74) is 2.46. The SMILES string of the molecule is CN(C)CCCOn1cc(-c2ccccn2)cc(-c2ccccc2Cl)c1=O. The molecule has 0 aliphatic heterocycles. The van der Waals surface area contributed by atoms with Gasteiger partial charge in [0.2, 0.25) is 0 Å². The Morgan fingerprint density at radius 2 is 1.89 bits per heavy atom. The minimum absolute atomic E-state index is 0.243. The molecule has 0 unspecified atom stereocenters. The van der Waals surface area contributed by atoms with Crippen molar-refractivity contribution in [2.24, 2.45) is 0 Å².